The Morgan fingerprint density at radius 3 is 2.12 bits per heavy atom. The van der Waals surface area contributed by atoms with Crippen LogP contribution in [-0.2, 0) is 36.9 Å². The van der Waals surface area contributed by atoms with Gasteiger partial charge in [0.25, 0.3) is 0 Å². The molecule has 0 amide bonds. The summed E-state index contributed by atoms with van der Waals surface area (Å²) in [5.41, 5.74) is 1.89. The SMILES string of the molecule is COc1ccc(COC[C@H]2OC(OC3CCCCO3)[C@@H](F)[C@@H]2OCc2ccc(OC)cc2)cc1. The van der Waals surface area contributed by atoms with Crippen molar-refractivity contribution in [3.63, 3.8) is 0 Å². The van der Waals surface area contributed by atoms with Gasteiger partial charge in [-0.1, -0.05) is 24.3 Å². The van der Waals surface area contributed by atoms with Crippen molar-refractivity contribution in [2.24, 2.45) is 0 Å². The van der Waals surface area contributed by atoms with Gasteiger partial charge < -0.3 is 33.2 Å². The molecule has 0 aliphatic carbocycles. The van der Waals surface area contributed by atoms with Crippen LogP contribution in [-0.4, -0.2) is 58.4 Å². The van der Waals surface area contributed by atoms with Crippen LogP contribution < -0.4 is 9.47 Å². The molecule has 2 fully saturated rings. The maximum Gasteiger partial charge on any atom is 0.195 e. The summed E-state index contributed by atoms with van der Waals surface area (Å²) < 4.78 is 54.9. The first-order chi connectivity index (χ1) is 16.7. The lowest BCUT2D eigenvalue weighted by Crippen LogP contribution is -2.36. The lowest BCUT2D eigenvalue weighted by Gasteiger charge is -2.26. The Morgan fingerprint density at radius 2 is 1.53 bits per heavy atom. The van der Waals surface area contributed by atoms with Crippen molar-refractivity contribution in [1.82, 2.24) is 0 Å². The number of rotatable bonds is 11. The average molecular weight is 477 g/mol. The molecule has 2 unspecified atom stereocenters. The van der Waals surface area contributed by atoms with Crippen molar-refractivity contribution in [3.05, 3.63) is 59.7 Å². The van der Waals surface area contributed by atoms with Gasteiger partial charge in [-0.15, -0.1) is 0 Å². The molecule has 0 radical (unpaired) electrons. The monoisotopic (exact) mass is 476 g/mol. The topological polar surface area (TPSA) is 64.6 Å². The van der Waals surface area contributed by atoms with E-state index in [-0.39, 0.29) is 13.2 Å². The number of halogens is 1. The molecular formula is C26H33FO7. The van der Waals surface area contributed by atoms with Gasteiger partial charge in [-0.05, 0) is 54.7 Å². The van der Waals surface area contributed by atoms with Crippen LogP contribution in [0.4, 0.5) is 4.39 Å². The lowest BCUT2D eigenvalue weighted by molar-refractivity contribution is -0.262. The molecule has 0 spiro atoms. The van der Waals surface area contributed by atoms with E-state index in [0.29, 0.717) is 13.2 Å². The molecule has 2 aromatic rings. The zero-order valence-corrected chi connectivity index (χ0v) is 19.7. The van der Waals surface area contributed by atoms with E-state index in [1.165, 1.54) is 0 Å². The molecular weight excluding hydrogens is 443 g/mol. The average Bonchev–Trinajstić information content (AvgIpc) is 3.17. The normalized spacial score (nSPS) is 27.0. The summed E-state index contributed by atoms with van der Waals surface area (Å²) in [6.45, 7) is 1.38. The van der Waals surface area contributed by atoms with E-state index in [4.69, 9.17) is 33.2 Å². The van der Waals surface area contributed by atoms with Crippen molar-refractivity contribution in [2.45, 2.75) is 63.4 Å². The zero-order valence-electron chi connectivity index (χ0n) is 19.7. The van der Waals surface area contributed by atoms with Gasteiger partial charge in [0.05, 0.1) is 34.0 Å². The van der Waals surface area contributed by atoms with E-state index in [1.807, 2.05) is 48.5 Å². The second kappa shape index (κ2) is 12.5. The van der Waals surface area contributed by atoms with Crippen LogP contribution in [0.3, 0.4) is 0 Å². The van der Waals surface area contributed by atoms with Crippen LogP contribution in [0.5, 0.6) is 11.5 Å². The van der Waals surface area contributed by atoms with Crippen LogP contribution in [0, 0.1) is 0 Å². The molecule has 7 nitrogen and oxygen atoms in total. The molecule has 4 rings (SSSR count). The maximum absolute atomic E-state index is 15.4. The minimum atomic E-state index is -1.46. The molecule has 2 aromatic carbocycles. The first-order valence-electron chi connectivity index (χ1n) is 11.7. The van der Waals surface area contributed by atoms with Crippen LogP contribution >= 0.6 is 0 Å². The third-order valence-corrected chi connectivity index (χ3v) is 5.98. The molecule has 2 saturated heterocycles. The summed E-state index contributed by atoms with van der Waals surface area (Å²) in [5.74, 6) is 1.53. The molecule has 8 heteroatoms. The van der Waals surface area contributed by atoms with E-state index in [1.54, 1.807) is 14.2 Å². The van der Waals surface area contributed by atoms with Crippen molar-refractivity contribution >= 4 is 0 Å². The van der Waals surface area contributed by atoms with Crippen LogP contribution in [0.2, 0.25) is 0 Å². The smallest absolute Gasteiger partial charge is 0.195 e. The van der Waals surface area contributed by atoms with E-state index in [0.717, 1.165) is 41.9 Å². The highest BCUT2D eigenvalue weighted by Crippen LogP contribution is 2.31. The summed E-state index contributed by atoms with van der Waals surface area (Å²) in [7, 11) is 3.24. The summed E-state index contributed by atoms with van der Waals surface area (Å²) in [6.07, 6.45) is -1.72. The van der Waals surface area contributed by atoms with Crippen LogP contribution in [0.25, 0.3) is 0 Å². The molecule has 0 N–H and O–H groups in total. The highest BCUT2D eigenvalue weighted by atomic mass is 19.1. The third kappa shape index (κ3) is 6.67. The molecule has 5 atom stereocenters. The van der Waals surface area contributed by atoms with Crippen LogP contribution in [0.1, 0.15) is 30.4 Å². The highest BCUT2D eigenvalue weighted by molar-refractivity contribution is 5.27. The molecule has 0 bridgehead atoms. The summed E-state index contributed by atoms with van der Waals surface area (Å²) >= 11 is 0. The first kappa shape index (κ1) is 24.9. The Balaban J connectivity index is 1.35. The fourth-order valence-corrected chi connectivity index (χ4v) is 4.02. The minimum Gasteiger partial charge on any atom is -0.497 e. The first-order valence-corrected chi connectivity index (χ1v) is 11.7. The number of ether oxygens (including phenoxy) is 7. The van der Waals surface area contributed by atoms with Gasteiger partial charge in [-0.3, -0.25) is 0 Å². The van der Waals surface area contributed by atoms with Gasteiger partial charge in [-0.25, -0.2) is 4.39 Å². The zero-order chi connectivity index (χ0) is 23.8. The highest BCUT2D eigenvalue weighted by Gasteiger charge is 2.48. The van der Waals surface area contributed by atoms with E-state index >= 15 is 4.39 Å². The number of methoxy groups -OCH3 is 2. The second-order valence-corrected chi connectivity index (χ2v) is 8.41. The molecule has 186 valence electrons. The molecule has 34 heavy (non-hydrogen) atoms. The van der Waals surface area contributed by atoms with Crippen molar-refractivity contribution in [3.8, 4) is 11.5 Å². The Hall–Kier alpha value is -2.23. The van der Waals surface area contributed by atoms with Gasteiger partial charge in [0, 0.05) is 6.61 Å². The second-order valence-electron chi connectivity index (χ2n) is 8.41. The summed E-state index contributed by atoms with van der Waals surface area (Å²) in [4.78, 5) is 0. The van der Waals surface area contributed by atoms with Gasteiger partial charge >= 0.3 is 0 Å². The van der Waals surface area contributed by atoms with Gasteiger partial charge in [0.2, 0.25) is 0 Å². The van der Waals surface area contributed by atoms with Gasteiger partial charge in [-0.2, -0.15) is 0 Å². The van der Waals surface area contributed by atoms with Crippen molar-refractivity contribution in [1.29, 1.82) is 0 Å². The summed E-state index contributed by atoms with van der Waals surface area (Å²) in [6, 6.07) is 15.1. The number of alkyl halides is 1. The lowest BCUT2D eigenvalue weighted by atomic mass is 10.1. The van der Waals surface area contributed by atoms with Crippen LogP contribution in [0.15, 0.2) is 48.5 Å². The largest absolute Gasteiger partial charge is 0.497 e. The Bertz CT molecular complexity index is 854. The van der Waals surface area contributed by atoms with Gasteiger partial charge in [0.15, 0.2) is 18.8 Å². The standard InChI is InChI=1S/C26H33FO7/c1-28-20-10-6-18(7-11-20)15-30-17-22-25(32-16-19-8-12-21(29-2)13-9-19)24(27)26(33-22)34-23-5-3-4-14-31-23/h6-13,22-26H,3-5,14-17H2,1-2H3/t22-,23?,24+,25-,26?/m1/s1. The molecule has 2 aliphatic heterocycles. The molecule has 2 aliphatic rings. The number of benzene rings is 2. The maximum atomic E-state index is 15.4. The van der Waals surface area contributed by atoms with Crippen molar-refractivity contribution in [2.75, 3.05) is 27.4 Å². The predicted molar refractivity (Wildman–Crippen MR) is 122 cm³/mol. The fraction of sp³-hybridized carbons (Fsp3) is 0.538. The van der Waals surface area contributed by atoms with E-state index in [2.05, 4.69) is 0 Å². The Labute approximate surface area is 200 Å². The fourth-order valence-electron chi connectivity index (χ4n) is 4.02. The van der Waals surface area contributed by atoms with E-state index < -0.39 is 31.0 Å². The number of hydrogen-bond donors (Lipinski definition) is 0. The van der Waals surface area contributed by atoms with Gasteiger partial charge in [0.1, 0.15) is 23.7 Å². The third-order valence-electron chi connectivity index (χ3n) is 5.98. The molecule has 0 saturated carbocycles. The number of hydrogen-bond acceptors (Lipinski definition) is 7. The van der Waals surface area contributed by atoms with E-state index in [9.17, 15) is 0 Å². The van der Waals surface area contributed by atoms with Crippen molar-refractivity contribution < 1.29 is 37.5 Å². The Kier molecular flexibility index (Phi) is 9.12. The minimum absolute atomic E-state index is 0.172. The molecule has 0 aromatic heterocycles. The predicted octanol–water partition coefficient (Wildman–Crippen LogP) is 4.41. The quantitative estimate of drug-likeness (QED) is 0.476. The Morgan fingerprint density at radius 1 is 0.882 bits per heavy atom. The molecule has 2 heterocycles. The summed E-state index contributed by atoms with van der Waals surface area (Å²) in [5, 5.41) is 0.